The summed E-state index contributed by atoms with van der Waals surface area (Å²) in [6.07, 6.45) is 0.479. The number of halogens is 1. The average molecular weight is 194 g/mol. The van der Waals surface area contributed by atoms with Crippen LogP contribution in [0.1, 0.15) is 18.4 Å². The van der Waals surface area contributed by atoms with Crippen LogP contribution in [-0.4, -0.2) is 17.6 Å². The predicted octanol–water partition coefficient (Wildman–Crippen LogP) is 1.96. The zero-order valence-corrected chi connectivity index (χ0v) is 7.61. The van der Waals surface area contributed by atoms with Crippen molar-refractivity contribution in [3.63, 3.8) is 0 Å². The third-order valence-corrected chi connectivity index (χ3v) is 2.84. The van der Waals surface area contributed by atoms with Crippen LogP contribution in [0.4, 0.5) is 4.39 Å². The monoisotopic (exact) mass is 194 g/mol. The largest absolute Gasteiger partial charge is 0.508 e. The van der Waals surface area contributed by atoms with Crippen LogP contribution in [0, 0.1) is 0 Å². The first kappa shape index (κ1) is 9.19. The number of hydrogen-bond acceptors (Lipinski definition) is 2. The topological polar surface area (TPSA) is 37.3 Å². The second kappa shape index (κ2) is 3.08. The number of aromatic hydroxyl groups is 1. The fraction of sp³-hybridized carbons (Fsp3) is 0.364. The van der Waals surface area contributed by atoms with Crippen molar-refractivity contribution in [3.05, 3.63) is 29.8 Å². The fourth-order valence-corrected chi connectivity index (χ4v) is 1.92. The molecule has 0 radical (unpaired) electrons. The summed E-state index contributed by atoms with van der Waals surface area (Å²) >= 11 is 0. The highest BCUT2D eigenvalue weighted by molar-refractivity contribution is 5.71. The van der Waals surface area contributed by atoms with Gasteiger partial charge in [-0.25, -0.2) is 4.39 Å². The second-order valence-corrected chi connectivity index (χ2v) is 3.83. The van der Waals surface area contributed by atoms with Gasteiger partial charge in [-0.3, -0.25) is 0 Å². The molecule has 74 valence electrons. The van der Waals surface area contributed by atoms with Crippen molar-refractivity contribution in [2.24, 2.45) is 0 Å². The van der Waals surface area contributed by atoms with Gasteiger partial charge in [0.2, 0.25) is 0 Å². The molecule has 2 rings (SSSR count). The number of alkyl halides is 1. The van der Waals surface area contributed by atoms with Gasteiger partial charge in [0.1, 0.15) is 18.2 Å². The lowest BCUT2D eigenvalue weighted by Gasteiger charge is -2.39. The predicted molar refractivity (Wildman–Crippen MR) is 50.0 cm³/mol. The van der Waals surface area contributed by atoms with E-state index in [0.29, 0.717) is 0 Å². The Bertz CT molecular complexity index is 339. The van der Waals surface area contributed by atoms with Crippen molar-refractivity contribution >= 4 is 6.29 Å². The molecule has 0 bridgehead atoms. The molecule has 0 amide bonds. The Morgan fingerprint density at radius 2 is 1.93 bits per heavy atom. The number of benzene rings is 1. The summed E-state index contributed by atoms with van der Waals surface area (Å²) < 4.78 is 12.8. The van der Waals surface area contributed by atoms with Crippen molar-refractivity contribution in [2.75, 3.05) is 0 Å². The molecule has 0 aliphatic heterocycles. The molecule has 0 atom stereocenters. The molecule has 3 heteroatoms. The van der Waals surface area contributed by atoms with Crippen LogP contribution in [0.15, 0.2) is 24.3 Å². The molecular weight excluding hydrogens is 183 g/mol. The van der Waals surface area contributed by atoms with Gasteiger partial charge in [0.05, 0.1) is 5.41 Å². The normalized spacial score (nSPS) is 30.8. The molecule has 0 saturated heterocycles. The van der Waals surface area contributed by atoms with E-state index in [2.05, 4.69) is 0 Å². The highest BCUT2D eigenvalue weighted by atomic mass is 19.1. The van der Waals surface area contributed by atoms with E-state index in [1.807, 2.05) is 0 Å². The van der Waals surface area contributed by atoms with Gasteiger partial charge in [-0.2, -0.15) is 0 Å². The molecule has 14 heavy (non-hydrogen) atoms. The Morgan fingerprint density at radius 3 is 2.36 bits per heavy atom. The van der Waals surface area contributed by atoms with Crippen LogP contribution in [-0.2, 0) is 10.2 Å². The van der Waals surface area contributed by atoms with Crippen molar-refractivity contribution < 1.29 is 14.3 Å². The lowest BCUT2D eigenvalue weighted by molar-refractivity contribution is -0.117. The fourth-order valence-electron chi connectivity index (χ4n) is 1.92. The van der Waals surface area contributed by atoms with E-state index in [9.17, 15) is 9.18 Å². The quantitative estimate of drug-likeness (QED) is 0.731. The lowest BCUT2D eigenvalue weighted by Crippen LogP contribution is -2.43. The van der Waals surface area contributed by atoms with E-state index < -0.39 is 11.6 Å². The van der Waals surface area contributed by atoms with Crippen LogP contribution < -0.4 is 0 Å². The number of carbonyl (C=O) groups excluding carboxylic acids is 1. The third kappa shape index (κ3) is 1.29. The highest BCUT2D eigenvalue weighted by Crippen LogP contribution is 2.44. The number of carbonyl (C=O) groups is 1. The molecule has 1 aromatic carbocycles. The first-order valence-corrected chi connectivity index (χ1v) is 4.56. The maximum atomic E-state index is 12.8. The smallest absolute Gasteiger partial charge is 0.130 e. The Kier molecular flexibility index (Phi) is 2.02. The first-order chi connectivity index (χ1) is 6.66. The molecule has 2 nitrogen and oxygen atoms in total. The third-order valence-electron chi connectivity index (χ3n) is 2.84. The van der Waals surface area contributed by atoms with E-state index >= 15 is 0 Å². The van der Waals surface area contributed by atoms with Gasteiger partial charge in [0.25, 0.3) is 0 Å². The van der Waals surface area contributed by atoms with E-state index in [4.69, 9.17) is 5.11 Å². The van der Waals surface area contributed by atoms with Crippen molar-refractivity contribution in [1.29, 1.82) is 0 Å². The first-order valence-electron chi connectivity index (χ1n) is 4.56. The summed E-state index contributed by atoms with van der Waals surface area (Å²) in [6.45, 7) is 0. The summed E-state index contributed by atoms with van der Waals surface area (Å²) in [7, 11) is 0. The molecule has 1 aromatic rings. The Balaban J connectivity index is 2.29. The molecule has 0 aromatic heterocycles. The molecule has 0 unspecified atom stereocenters. The maximum Gasteiger partial charge on any atom is 0.130 e. The van der Waals surface area contributed by atoms with E-state index in [1.165, 1.54) is 12.1 Å². The zero-order valence-electron chi connectivity index (χ0n) is 7.61. The number of phenols is 1. The maximum absolute atomic E-state index is 12.8. The van der Waals surface area contributed by atoms with Crippen molar-refractivity contribution in [3.8, 4) is 5.75 Å². The Morgan fingerprint density at radius 1 is 1.36 bits per heavy atom. The summed E-state index contributed by atoms with van der Waals surface area (Å²) in [4.78, 5) is 10.9. The van der Waals surface area contributed by atoms with Gasteiger partial charge >= 0.3 is 0 Å². The number of phenolic OH excluding ortho intramolecular Hbond substituents is 1. The molecular formula is C11H11FO2. The number of hydrogen-bond donors (Lipinski definition) is 1. The molecule has 1 saturated carbocycles. The van der Waals surface area contributed by atoms with Gasteiger partial charge in [-0.15, -0.1) is 0 Å². The van der Waals surface area contributed by atoms with Gasteiger partial charge in [0, 0.05) is 0 Å². The highest BCUT2D eigenvalue weighted by Gasteiger charge is 2.45. The summed E-state index contributed by atoms with van der Waals surface area (Å²) in [5, 5.41) is 9.08. The van der Waals surface area contributed by atoms with Crippen LogP contribution in [0.5, 0.6) is 5.75 Å². The second-order valence-electron chi connectivity index (χ2n) is 3.83. The van der Waals surface area contributed by atoms with E-state index in [0.717, 1.165) is 11.8 Å². The summed E-state index contributed by atoms with van der Waals surface area (Å²) in [5.41, 5.74) is 0.145. The van der Waals surface area contributed by atoms with E-state index in [-0.39, 0.29) is 18.6 Å². The SMILES string of the molecule is O=CC1(c2ccc(O)cc2)CC(F)C1. The van der Waals surface area contributed by atoms with Crippen molar-refractivity contribution in [1.82, 2.24) is 0 Å². The average Bonchev–Trinajstić information content (AvgIpc) is 2.14. The summed E-state index contributed by atoms with van der Waals surface area (Å²) in [5.74, 6) is 0.158. The van der Waals surface area contributed by atoms with Gasteiger partial charge in [0.15, 0.2) is 0 Å². The Labute approximate surface area is 81.4 Å². The van der Waals surface area contributed by atoms with Gasteiger partial charge < -0.3 is 9.90 Å². The van der Waals surface area contributed by atoms with E-state index in [1.54, 1.807) is 12.1 Å². The molecule has 1 fully saturated rings. The van der Waals surface area contributed by atoms with Crippen molar-refractivity contribution in [2.45, 2.75) is 24.4 Å². The van der Waals surface area contributed by atoms with Crippen LogP contribution in [0.25, 0.3) is 0 Å². The van der Waals surface area contributed by atoms with Crippen LogP contribution >= 0.6 is 0 Å². The number of rotatable bonds is 2. The van der Waals surface area contributed by atoms with Gasteiger partial charge in [-0.1, -0.05) is 12.1 Å². The molecule has 1 aliphatic rings. The molecule has 0 spiro atoms. The molecule has 0 heterocycles. The standard InChI is InChI=1S/C11H11FO2/c12-9-5-11(6-9,7-13)8-1-3-10(14)4-2-8/h1-4,7,9,14H,5-6H2. The molecule has 1 N–H and O–H groups in total. The number of aldehydes is 1. The van der Waals surface area contributed by atoms with Gasteiger partial charge in [-0.05, 0) is 30.5 Å². The zero-order chi connectivity index (χ0) is 10.2. The minimum absolute atomic E-state index is 0.158. The van der Waals surface area contributed by atoms with Crippen LogP contribution in [0.3, 0.4) is 0 Å². The molecule has 1 aliphatic carbocycles. The van der Waals surface area contributed by atoms with Crippen LogP contribution in [0.2, 0.25) is 0 Å². The minimum atomic E-state index is -0.867. The minimum Gasteiger partial charge on any atom is -0.508 e. The lowest BCUT2D eigenvalue weighted by atomic mass is 9.64. The Hall–Kier alpha value is -1.38. The summed E-state index contributed by atoms with van der Waals surface area (Å²) in [6, 6.07) is 6.39.